The first-order valence-electron chi connectivity index (χ1n) is 10.8. The molecule has 4 rings (SSSR count). The molecule has 0 aromatic heterocycles. The van der Waals surface area contributed by atoms with E-state index in [9.17, 15) is 13.2 Å². The van der Waals surface area contributed by atoms with Crippen molar-refractivity contribution in [1.29, 1.82) is 0 Å². The highest BCUT2D eigenvalue weighted by atomic mass is 32.2. The van der Waals surface area contributed by atoms with Gasteiger partial charge in [-0.1, -0.05) is 48.5 Å². The van der Waals surface area contributed by atoms with Gasteiger partial charge in [0.1, 0.15) is 5.75 Å². The van der Waals surface area contributed by atoms with Crippen molar-refractivity contribution in [2.24, 2.45) is 0 Å². The molecule has 1 N–H and O–H groups in total. The summed E-state index contributed by atoms with van der Waals surface area (Å²) in [5.41, 5.74) is 0.817. The summed E-state index contributed by atoms with van der Waals surface area (Å²) in [5, 5.41) is 2.93. The van der Waals surface area contributed by atoms with Crippen LogP contribution in [0.15, 0.2) is 87.5 Å². The summed E-state index contributed by atoms with van der Waals surface area (Å²) in [6.45, 7) is 1.000. The first-order chi connectivity index (χ1) is 16.0. The topological polar surface area (TPSA) is 75.7 Å². The van der Waals surface area contributed by atoms with Crippen LogP contribution in [0.4, 0.5) is 5.69 Å². The predicted octanol–water partition coefficient (Wildman–Crippen LogP) is 5.27. The Labute approximate surface area is 199 Å². The minimum Gasteiger partial charge on any atom is -0.496 e. The van der Waals surface area contributed by atoms with E-state index in [-0.39, 0.29) is 10.5 Å². The summed E-state index contributed by atoms with van der Waals surface area (Å²) in [5.74, 6) is -0.109. The molecule has 1 amide bonds. The third-order valence-electron chi connectivity index (χ3n) is 5.47. The van der Waals surface area contributed by atoms with E-state index < -0.39 is 15.9 Å². The molecule has 0 unspecified atom stereocenters. The summed E-state index contributed by atoms with van der Waals surface area (Å²) in [6, 6.07) is 21.8. The molecule has 0 saturated carbocycles. The summed E-state index contributed by atoms with van der Waals surface area (Å²) in [6.07, 6.45) is 2.72. The Morgan fingerprint density at radius 3 is 2.36 bits per heavy atom. The van der Waals surface area contributed by atoms with Crippen LogP contribution in [0.1, 0.15) is 29.6 Å². The lowest BCUT2D eigenvalue weighted by molar-refractivity contribution is 0.102. The van der Waals surface area contributed by atoms with Crippen molar-refractivity contribution in [3.05, 3.63) is 78.4 Å². The van der Waals surface area contributed by atoms with Crippen molar-refractivity contribution < 1.29 is 17.9 Å². The van der Waals surface area contributed by atoms with Gasteiger partial charge in [-0.15, -0.1) is 0 Å². The number of rotatable bonds is 7. The van der Waals surface area contributed by atoms with Crippen molar-refractivity contribution >= 4 is 33.4 Å². The van der Waals surface area contributed by atoms with E-state index in [1.807, 2.05) is 54.6 Å². The number of sulfonamides is 1. The SMILES string of the molecule is COc1ccc(S(=O)(=O)N2CCCCC2)cc1C(=O)Nc1ccccc1Sc1ccccc1. The number of carbonyl (C=O) groups excluding carboxylic acids is 1. The van der Waals surface area contributed by atoms with E-state index >= 15 is 0 Å². The number of amides is 1. The van der Waals surface area contributed by atoms with Crippen molar-refractivity contribution in [1.82, 2.24) is 4.31 Å². The van der Waals surface area contributed by atoms with Crippen molar-refractivity contribution in [2.45, 2.75) is 33.9 Å². The Bertz CT molecular complexity index is 1220. The number of hydrogen-bond donors (Lipinski definition) is 1. The minimum atomic E-state index is -3.67. The molecule has 1 aliphatic rings. The van der Waals surface area contributed by atoms with Crippen LogP contribution in [0.5, 0.6) is 5.75 Å². The van der Waals surface area contributed by atoms with Crippen molar-refractivity contribution in [3.63, 3.8) is 0 Å². The third-order valence-corrected chi connectivity index (χ3v) is 8.45. The van der Waals surface area contributed by atoms with Gasteiger partial charge in [-0.05, 0) is 55.3 Å². The molecular formula is C25H26N2O4S2. The van der Waals surface area contributed by atoms with E-state index in [4.69, 9.17) is 4.74 Å². The van der Waals surface area contributed by atoms with Crippen LogP contribution in [0.25, 0.3) is 0 Å². The molecule has 8 heteroatoms. The number of piperidine rings is 1. The maximum absolute atomic E-state index is 13.2. The fraction of sp³-hybridized carbons (Fsp3) is 0.240. The van der Waals surface area contributed by atoms with E-state index in [0.717, 1.165) is 29.1 Å². The van der Waals surface area contributed by atoms with Gasteiger partial charge in [-0.3, -0.25) is 4.79 Å². The molecule has 33 heavy (non-hydrogen) atoms. The van der Waals surface area contributed by atoms with Crippen LogP contribution < -0.4 is 10.1 Å². The smallest absolute Gasteiger partial charge is 0.259 e. The molecule has 0 atom stereocenters. The van der Waals surface area contributed by atoms with Gasteiger partial charge in [0.15, 0.2) is 0 Å². The van der Waals surface area contributed by atoms with Gasteiger partial charge in [-0.2, -0.15) is 4.31 Å². The Hall–Kier alpha value is -2.81. The molecule has 1 saturated heterocycles. The molecule has 3 aromatic rings. The van der Waals surface area contributed by atoms with Gasteiger partial charge in [0.05, 0.1) is 23.3 Å². The van der Waals surface area contributed by atoms with Crippen LogP contribution in [-0.2, 0) is 10.0 Å². The van der Waals surface area contributed by atoms with E-state index in [1.54, 1.807) is 0 Å². The fourth-order valence-electron chi connectivity index (χ4n) is 3.74. The quantitative estimate of drug-likeness (QED) is 0.496. The van der Waals surface area contributed by atoms with E-state index in [0.29, 0.717) is 24.5 Å². The lowest BCUT2D eigenvalue weighted by Gasteiger charge is -2.26. The Morgan fingerprint density at radius 1 is 0.939 bits per heavy atom. The molecule has 0 bridgehead atoms. The molecule has 0 aliphatic carbocycles. The number of nitrogens with zero attached hydrogens (tertiary/aromatic N) is 1. The van der Waals surface area contributed by atoms with Gasteiger partial charge in [-0.25, -0.2) is 8.42 Å². The maximum atomic E-state index is 13.2. The normalized spacial score (nSPS) is 14.6. The number of para-hydroxylation sites is 1. The third kappa shape index (κ3) is 5.40. The number of anilines is 1. The number of methoxy groups -OCH3 is 1. The monoisotopic (exact) mass is 482 g/mol. The Morgan fingerprint density at radius 2 is 1.64 bits per heavy atom. The second-order valence-electron chi connectivity index (χ2n) is 7.69. The predicted molar refractivity (Wildman–Crippen MR) is 131 cm³/mol. The fourth-order valence-corrected chi connectivity index (χ4v) is 6.21. The van der Waals surface area contributed by atoms with Crippen LogP contribution in [0.2, 0.25) is 0 Å². The zero-order valence-electron chi connectivity index (χ0n) is 18.4. The molecule has 6 nitrogen and oxygen atoms in total. The molecule has 1 heterocycles. The van der Waals surface area contributed by atoms with Crippen LogP contribution in [-0.4, -0.2) is 38.8 Å². The second-order valence-corrected chi connectivity index (χ2v) is 10.7. The minimum absolute atomic E-state index is 0.0993. The second kappa shape index (κ2) is 10.4. The molecular weight excluding hydrogens is 456 g/mol. The average molecular weight is 483 g/mol. The largest absolute Gasteiger partial charge is 0.496 e. The average Bonchev–Trinajstić information content (AvgIpc) is 2.86. The Kier molecular flexibility index (Phi) is 7.37. The number of nitrogens with one attached hydrogen (secondary N) is 1. The lowest BCUT2D eigenvalue weighted by atomic mass is 10.2. The summed E-state index contributed by atoms with van der Waals surface area (Å²) in [4.78, 5) is 15.3. The zero-order chi connectivity index (χ0) is 23.3. The lowest BCUT2D eigenvalue weighted by Crippen LogP contribution is -2.35. The number of benzene rings is 3. The molecule has 3 aromatic carbocycles. The van der Waals surface area contributed by atoms with Gasteiger partial charge < -0.3 is 10.1 Å². The van der Waals surface area contributed by atoms with Crippen molar-refractivity contribution in [3.8, 4) is 5.75 Å². The summed E-state index contributed by atoms with van der Waals surface area (Å²) in [7, 11) is -2.21. The zero-order valence-corrected chi connectivity index (χ0v) is 20.0. The van der Waals surface area contributed by atoms with Gasteiger partial charge in [0.2, 0.25) is 10.0 Å². The molecule has 1 aliphatic heterocycles. The van der Waals surface area contributed by atoms with Crippen LogP contribution in [0.3, 0.4) is 0 Å². The number of hydrogen-bond acceptors (Lipinski definition) is 5. The van der Waals surface area contributed by atoms with Gasteiger partial charge >= 0.3 is 0 Å². The van der Waals surface area contributed by atoms with E-state index in [2.05, 4.69) is 5.32 Å². The number of ether oxygens (including phenoxy) is 1. The molecule has 1 fully saturated rings. The molecule has 0 radical (unpaired) electrons. The highest BCUT2D eigenvalue weighted by Gasteiger charge is 2.27. The van der Waals surface area contributed by atoms with E-state index in [1.165, 1.54) is 41.4 Å². The van der Waals surface area contributed by atoms with Crippen LogP contribution >= 0.6 is 11.8 Å². The van der Waals surface area contributed by atoms with Gasteiger partial charge in [0.25, 0.3) is 5.91 Å². The molecule has 0 spiro atoms. The highest BCUT2D eigenvalue weighted by molar-refractivity contribution is 7.99. The summed E-state index contributed by atoms with van der Waals surface area (Å²) < 4.78 is 33.1. The Balaban J connectivity index is 1.62. The van der Waals surface area contributed by atoms with Crippen molar-refractivity contribution in [2.75, 3.05) is 25.5 Å². The van der Waals surface area contributed by atoms with Gasteiger partial charge in [0, 0.05) is 22.9 Å². The molecule has 172 valence electrons. The summed E-state index contributed by atoms with van der Waals surface area (Å²) >= 11 is 1.54. The highest BCUT2D eigenvalue weighted by Crippen LogP contribution is 2.34. The first-order valence-corrected chi connectivity index (χ1v) is 13.1. The standard InChI is InChI=1S/C25H26N2O4S2/c1-31-23-15-14-20(33(29,30)27-16-8-3-9-17-27)18-21(23)25(28)26-22-12-6-7-13-24(22)32-19-10-4-2-5-11-19/h2,4-7,10-15,18H,3,8-9,16-17H2,1H3,(H,26,28). The maximum Gasteiger partial charge on any atom is 0.259 e. The number of carbonyl (C=O) groups is 1. The van der Waals surface area contributed by atoms with Crippen LogP contribution in [0, 0.1) is 0 Å². The first kappa shape index (κ1) is 23.4.